The number of rotatable bonds is 21. The van der Waals surface area contributed by atoms with Crippen molar-refractivity contribution >= 4 is 23.6 Å². The van der Waals surface area contributed by atoms with E-state index in [1.54, 1.807) is 13.0 Å². The Morgan fingerprint density at radius 3 is 1.53 bits per heavy atom. The van der Waals surface area contributed by atoms with Crippen LogP contribution in [0.15, 0.2) is 30.4 Å². The Morgan fingerprint density at radius 1 is 0.684 bits per heavy atom. The van der Waals surface area contributed by atoms with Gasteiger partial charge in [-0.15, -0.1) is 0 Å². The highest BCUT2D eigenvalue weighted by Crippen LogP contribution is 2.11. The summed E-state index contributed by atoms with van der Waals surface area (Å²) in [4.78, 5) is 48.0. The summed E-state index contributed by atoms with van der Waals surface area (Å²) in [5.74, 6) is -1.91. The number of amides is 4. The maximum absolute atomic E-state index is 12.6. The lowest BCUT2D eigenvalue weighted by molar-refractivity contribution is -0.116. The largest absolute Gasteiger partial charge is 0.378 e. The van der Waals surface area contributed by atoms with Crippen molar-refractivity contribution in [3.8, 4) is 0 Å². The Kier molecular flexibility index (Phi) is 17.8. The van der Waals surface area contributed by atoms with Gasteiger partial charge in [-0.25, -0.2) is 0 Å². The van der Waals surface area contributed by atoms with Crippen LogP contribution in [0.3, 0.4) is 0 Å². The fourth-order valence-electron chi connectivity index (χ4n) is 2.89. The lowest BCUT2D eigenvalue weighted by Gasteiger charge is -2.11. The summed E-state index contributed by atoms with van der Waals surface area (Å²) in [6.07, 6.45) is 3.08. The Hall–Kier alpha value is -3.36. The van der Waals surface area contributed by atoms with Crippen molar-refractivity contribution in [2.24, 2.45) is 11.5 Å². The van der Waals surface area contributed by atoms with Gasteiger partial charge in [0.15, 0.2) is 0 Å². The Labute approximate surface area is 222 Å². The third-order valence-electron chi connectivity index (χ3n) is 4.68. The summed E-state index contributed by atoms with van der Waals surface area (Å²) >= 11 is 0. The molecular weight excluding hydrogens is 498 g/mol. The van der Waals surface area contributed by atoms with Crippen molar-refractivity contribution in [3.05, 3.63) is 47.0 Å². The number of carbonyl (C=O) groups is 4. The molecular formula is C25H39N5O8. The normalized spacial score (nSPS) is 10.9. The van der Waals surface area contributed by atoms with E-state index in [1.165, 1.54) is 24.3 Å². The van der Waals surface area contributed by atoms with Crippen LogP contribution < -0.4 is 27.4 Å². The summed E-state index contributed by atoms with van der Waals surface area (Å²) in [7, 11) is 0. The van der Waals surface area contributed by atoms with Gasteiger partial charge in [0.1, 0.15) is 0 Å². The van der Waals surface area contributed by atoms with Crippen LogP contribution in [-0.4, -0.2) is 103 Å². The van der Waals surface area contributed by atoms with Gasteiger partial charge >= 0.3 is 0 Å². The molecule has 0 saturated carbocycles. The first-order chi connectivity index (χ1) is 18.4. The molecule has 13 nitrogen and oxygen atoms in total. The average Bonchev–Trinajstić information content (AvgIpc) is 2.90. The van der Waals surface area contributed by atoms with Crippen LogP contribution in [0.25, 0.3) is 0 Å². The van der Waals surface area contributed by atoms with Crippen LogP contribution in [0.1, 0.15) is 38.0 Å². The second-order valence-electron chi connectivity index (χ2n) is 7.70. The van der Waals surface area contributed by atoms with Gasteiger partial charge in [-0.1, -0.05) is 6.08 Å². The number of hydrogen-bond acceptors (Lipinski definition) is 9. The summed E-state index contributed by atoms with van der Waals surface area (Å²) in [6, 6.07) is 4.02. The van der Waals surface area contributed by atoms with Crippen molar-refractivity contribution in [1.29, 1.82) is 0 Å². The summed E-state index contributed by atoms with van der Waals surface area (Å²) in [5, 5.41) is 7.99. The van der Waals surface area contributed by atoms with E-state index in [9.17, 15) is 19.2 Å². The van der Waals surface area contributed by atoms with E-state index in [0.29, 0.717) is 52.7 Å². The Balaban J connectivity index is 2.37. The highest BCUT2D eigenvalue weighted by molar-refractivity contribution is 6.04. The number of benzene rings is 1. The number of ether oxygens (including phenoxy) is 4. The lowest BCUT2D eigenvalue weighted by atomic mass is 10.0. The fourth-order valence-corrected chi connectivity index (χ4v) is 2.89. The lowest BCUT2D eigenvalue weighted by Crippen LogP contribution is -2.30. The number of carbonyl (C=O) groups excluding carboxylic acids is 4. The quantitative estimate of drug-likeness (QED) is 0.0962. The molecule has 0 atom stereocenters. The van der Waals surface area contributed by atoms with Gasteiger partial charge in [-0.2, -0.15) is 0 Å². The average molecular weight is 538 g/mol. The molecule has 7 N–H and O–H groups in total. The molecule has 0 aliphatic carbocycles. The molecule has 0 aliphatic rings. The first kappa shape index (κ1) is 32.7. The molecule has 0 fully saturated rings. The molecule has 0 bridgehead atoms. The van der Waals surface area contributed by atoms with E-state index in [4.69, 9.17) is 30.4 Å². The molecule has 1 rings (SSSR count). The number of primary amides is 1. The maximum atomic E-state index is 12.6. The standard InChI is InChI=1S/C25H39N5O8/c1-2-3-22(31)28-5-9-36-14-15-38-11-7-30-25(34)21-17-19(23(27)32)16-20(18-21)24(33)29-6-10-37-13-12-35-8-4-26/h2-3,16-18H,4-15,26H2,1H3,(H2,27,32)(H,28,31)(H,29,33)(H,30,34)/b3-2+. The molecule has 1 aromatic rings. The molecule has 212 valence electrons. The molecule has 0 aliphatic heterocycles. The molecule has 38 heavy (non-hydrogen) atoms. The number of nitrogens with two attached hydrogens (primary N) is 2. The molecule has 0 saturated heterocycles. The zero-order chi connectivity index (χ0) is 28.0. The molecule has 0 unspecified atom stereocenters. The maximum Gasteiger partial charge on any atom is 0.251 e. The van der Waals surface area contributed by atoms with Crippen molar-refractivity contribution in [2.75, 3.05) is 79.0 Å². The minimum absolute atomic E-state index is 0.0337. The van der Waals surface area contributed by atoms with Crippen LogP contribution in [-0.2, 0) is 23.7 Å². The van der Waals surface area contributed by atoms with Gasteiger partial charge in [0.25, 0.3) is 11.8 Å². The zero-order valence-electron chi connectivity index (χ0n) is 21.8. The van der Waals surface area contributed by atoms with Crippen LogP contribution in [0, 0.1) is 0 Å². The molecule has 4 amide bonds. The van der Waals surface area contributed by atoms with Gasteiger partial charge < -0.3 is 46.4 Å². The number of allylic oxidation sites excluding steroid dienone is 1. The van der Waals surface area contributed by atoms with E-state index in [2.05, 4.69) is 16.0 Å². The topological polar surface area (TPSA) is 193 Å². The minimum atomic E-state index is -0.765. The molecule has 0 spiro atoms. The monoisotopic (exact) mass is 537 g/mol. The third-order valence-corrected chi connectivity index (χ3v) is 4.68. The van der Waals surface area contributed by atoms with E-state index < -0.39 is 17.7 Å². The highest BCUT2D eigenvalue weighted by atomic mass is 16.5. The predicted molar refractivity (Wildman–Crippen MR) is 140 cm³/mol. The first-order valence-electron chi connectivity index (χ1n) is 12.3. The van der Waals surface area contributed by atoms with Crippen LogP contribution >= 0.6 is 0 Å². The van der Waals surface area contributed by atoms with Crippen molar-refractivity contribution in [2.45, 2.75) is 6.92 Å². The highest BCUT2D eigenvalue weighted by Gasteiger charge is 2.15. The minimum Gasteiger partial charge on any atom is -0.378 e. The molecule has 1 aromatic carbocycles. The van der Waals surface area contributed by atoms with E-state index >= 15 is 0 Å². The van der Waals surface area contributed by atoms with Gasteiger partial charge in [-0.3, -0.25) is 19.2 Å². The van der Waals surface area contributed by atoms with Crippen LogP contribution in [0.2, 0.25) is 0 Å². The summed E-state index contributed by atoms with van der Waals surface area (Å²) in [5.41, 5.74) is 11.0. The van der Waals surface area contributed by atoms with E-state index in [0.717, 1.165) is 0 Å². The van der Waals surface area contributed by atoms with Crippen LogP contribution in [0.4, 0.5) is 0 Å². The van der Waals surface area contributed by atoms with Gasteiger partial charge in [0.2, 0.25) is 11.8 Å². The molecule has 0 aromatic heterocycles. The van der Waals surface area contributed by atoms with Crippen molar-refractivity contribution < 1.29 is 38.1 Å². The Morgan fingerprint density at radius 2 is 1.11 bits per heavy atom. The number of nitrogens with one attached hydrogen (secondary N) is 3. The zero-order valence-corrected chi connectivity index (χ0v) is 21.8. The third kappa shape index (κ3) is 15.0. The predicted octanol–water partition coefficient (Wildman–Crippen LogP) is -1.04. The smallest absolute Gasteiger partial charge is 0.251 e. The fraction of sp³-hybridized carbons (Fsp3) is 0.520. The van der Waals surface area contributed by atoms with Crippen molar-refractivity contribution in [1.82, 2.24) is 16.0 Å². The van der Waals surface area contributed by atoms with E-state index in [1.807, 2.05) is 0 Å². The number of hydrogen-bond donors (Lipinski definition) is 5. The van der Waals surface area contributed by atoms with Gasteiger partial charge in [-0.05, 0) is 31.2 Å². The molecule has 13 heteroatoms. The van der Waals surface area contributed by atoms with Gasteiger partial charge in [0.05, 0.1) is 52.9 Å². The summed E-state index contributed by atoms with van der Waals surface area (Å²) < 4.78 is 21.3. The first-order valence-corrected chi connectivity index (χ1v) is 12.3. The second-order valence-corrected chi connectivity index (χ2v) is 7.70. The summed E-state index contributed by atoms with van der Waals surface area (Å²) in [6.45, 7) is 5.72. The Bertz CT molecular complexity index is 910. The van der Waals surface area contributed by atoms with Crippen LogP contribution in [0.5, 0.6) is 0 Å². The SMILES string of the molecule is C/C=C/C(=O)NCCOCCOCCNC(=O)c1cc(C(N)=O)cc(C(=O)NCCOCCOCCN)c1. The molecule has 0 radical (unpaired) electrons. The second kappa shape index (κ2) is 20.7. The van der Waals surface area contributed by atoms with Crippen molar-refractivity contribution in [3.63, 3.8) is 0 Å². The molecule has 0 heterocycles. The van der Waals surface area contributed by atoms with E-state index in [-0.39, 0.29) is 48.9 Å². The van der Waals surface area contributed by atoms with Gasteiger partial charge in [0, 0.05) is 42.9 Å².